The van der Waals surface area contributed by atoms with Crippen LogP contribution in [0.4, 0.5) is 4.39 Å². The number of likely N-dealkylation sites (N-methyl/N-ethyl adjacent to an activating group) is 1. The van der Waals surface area contributed by atoms with Crippen LogP contribution in [-0.4, -0.2) is 36.9 Å². The van der Waals surface area contributed by atoms with E-state index in [-0.39, 0.29) is 18.0 Å². The van der Waals surface area contributed by atoms with E-state index >= 15 is 0 Å². The second kappa shape index (κ2) is 6.15. The second-order valence-corrected chi connectivity index (χ2v) is 6.27. The van der Waals surface area contributed by atoms with Crippen LogP contribution in [-0.2, 0) is 10.0 Å². The topological polar surface area (TPSA) is 74.7 Å². The highest BCUT2D eigenvalue weighted by Gasteiger charge is 2.25. The minimum absolute atomic E-state index is 0.124. The number of benzene rings is 1. The van der Waals surface area contributed by atoms with Gasteiger partial charge in [0.25, 0.3) is 0 Å². The van der Waals surface area contributed by atoms with Crippen LogP contribution >= 0.6 is 0 Å². The third-order valence-electron chi connectivity index (χ3n) is 2.60. The molecule has 0 aliphatic heterocycles. The number of carboxylic acid groups (broad SMARTS) is 1. The minimum Gasteiger partial charge on any atom is -0.478 e. The molecule has 0 saturated carbocycles. The molecule has 0 saturated heterocycles. The first-order chi connectivity index (χ1) is 9.20. The zero-order valence-electron chi connectivity index (χ0n) is 11.3. The van der Waals surface area contributed by atoms with E-state index in [1.165, 1.54) is 0 Å². The molecule has 5 nitrogen and oxygen atoms in total. The number of aromatic carboxylic acids is 1. The zero-order valence-corrected chi connectivity index (χ0v) is 12.1. The number of halogens is 1. The molecule has 0 amide bonds. The van der Waals surface area contributed by atoms with Crippen LogP contribution in [0.25, 0.3) is 0 Å². The van der Waals surface area contributed by atoms with Crippen LogP contribution < -0.4 is 0 Å². The van der Waals surface area contributed by atoms with Crippen molar-refractivity contribution in [1.82, 2.24) is 4.31 Å². The number of rotatable bonds is 6. The highest BCUT2D eigenvalue weighted by molar-refractivity contribution is 7.89. The Morgan fingerprint density at radius 3 is 2.50 bits per heavy atom. The average molecular weight is 301 g/mol. The fourth-order valence-corrected chi connectivity index (χ4v) is 3.18. The summed E-state index contributed by atoms with van der Waals surface area (Å²) in [4.78, 5) is 10.6. The highest BCUT2D eigenvalue weighted by atomic mass is 32.2. The van der Waals surface area contributed by atoms with Gasteiger partial charge in [0.1, 0.15) is 5.82 Å². The van der Waals surface area contributed by atoms with Crippen LogP contribution in [0.3, 0.4) is 0 Å². The molecule has 0 aliphatic rings. The third-order valence-corrected chi connectivity index (χ3v) is 4.52. The maximum atomic E-state index is 13.3. The molecule has 0 spiro atoms. The Hall–Kier alpha value is -1.73. The lowest BCUT2D eigenvalue weighted by atomic mass is 10.2. The van der Waals surface area contributed by atoms with E-state index in [4.69, 9.17) is 5.11 Å². The maximum absolute atomic E-state index is 13.3. The van der Waals surface area contributed by atoms with E-state index in [2.05, 4.69) is 6.58 Å². The fraction of sp³-hybridized carbons (Fsp3) is 0.308. The van der Waals surface area contributed by atoms with Gasteiger partial charge in [-0.15, -0.1) is 0 Å². The Balaban J connectivity index is 3.31. The van der Waals surface area contributed by atoms with Gasteiger partial charge in [0.15, 0.2) is 0 Å². The lowest BCUT2D eigenvalue weighted by Gasteiger charge is -2.20. The van der Waals surface area contributed by atoms with Crippen molar-refractivity contribution >= 4 is 16.0 Å². The Bertz CT molecular complexity index is 640. The molecular weight excluding hydrogens is 285 g/mol. The van der Waals surface area contributed by atoms with E-state index in [1.807, 2.05) is 0 Å². The molecule has 0 bridgehead atoms. The Morgan fingerprint density at radius 2 is 2.05 bits per heavy atom. The Kier molecular flexibility index (Phi) is 5.02. The van der Waals surface area contributed by atoms with Gasteiger partial charge in [-0.3, -0.25) is 0 Å². The van der Waals surface area contributed by atoms with Crippen molar-refractivity contribution in [3.05, 3.63) is 41.7 Å². The molecule has 20 heavy (non-hydrogen) atoms. The van der Waals surface area contributed by atoms with Gasteiger partial charge in [0.05, 0.1) is 10.5 Å². The smallest absolute Gasteiger partial charge is 0.338 e. The van der Waals surface area contributed by atoms with Crippen molar-refractivity contribution < 1.29 is 22.7 Å². The van der Waals surface area contributed by atoms with Crippen molar-refractivity contribution in [3.63, 3.8) is 0 Å². The summed E-state index contributed by atoms with van der Waals surface area (Å²) in [6, 6.07) is 2.72. The quantitative estimate of drug-likeness (QED) is 0.817. The summed E-state index contributed by atoms with van der Waals surface area (Å²) in [6.07, 6.45) is 0. The summed E-state index contributed by atoms with van der Waals surface area (Å²) in [5, 5.41) is 8.83. The number of hydrogen-bond acceptors (Lipinski definition) is 3. The fourth-order valence-electron chi connectivity index (χ4n) is 1.65. The number of nitrogens with zero attached hydrogens (tertiary/aromatic N) is 1. The predicted octanol–water partition coefficient (Wildman–Crippen LogP) is 2.11. The molecule has 0 aromatic heterocycles. The third kappa shape index (κ3) is 3.43. The normalized spacial score (nSPS) is 11.6. The van der Waals surface area contributed by atoms with Gasteiger partial charge in [0, 0.05) is 13.1 Å². The molecule has 1 rings (SSSR count). The number of carbonyl (C=O) groups is 1. The van der Waals surface area contributed by atoms with Crippen LogP contribution in [0.2, 0.25) is 0 Å². The molecule has 1 aromatic rings. The molecular formula is C13H16FNO4S. The van der Waals surface area contributed by atoms with Crippen LogP contribution in [0.1, 0.15) is 24.2 Å². The lowest BCUT2D eigenvalue weighted by Crippen LogP contribution is -2.32. The van der Waals surface area contributed by atoms with Crippen molar-refractivity contribution in [1.29, 1.82) is 0 Å². The van der Waals surface area contributed by atoms with E-state index in [9.17, 15) is 17.6 Å². The van der Waals surface area contributed by atoms with Gasteiger partial charge in [-0.05, 0) is 25.1 Å². The Morgan fingerprint density at radius 1 is 1.45 bits per heavy atom. The SMILES string of the molecule is C=C(C)CN(CC)S(=O)(=O)c1ccc(F)c(C(=O)O)c1. The molecule has 0 fully saturated rings. The highest BCUT2D eigenvalue weighted by Crippen LogP contribution is 2.20. The number of sulfonamides is 1. The molecule has 0 unspecified atom stereocenters. The first-order valence-electron chi connectivity index (χ1n) is 5.87. The van der Waals surface area contributed by atoms with Crippen LogP contribution in [0.15, 0.2) is 35.2 Å². The van der Waals surface area contributed by atoms with E-state index in [0.717, 1.165) is 22.5 Å². The molecule has 1 N–H and O–H groups in total. The molecule has 0 atom stereocenters. The van der Waals surface area contributed by atoms with E-state index in [1.54, 1.807) is 13.8 Å². The van der Waals surface area contributed by atoms with Gasteiger partial charge in [-0.1, -0.05) is 19.1 Å². The number of carboxylic acids is 1. The van der Waals surface area contributed by atoms with E-state index < -0.39 is 27.4 Å². The largest absolute Gasteiger partial charge is 0.478 e. The first kappa shape index (κ1) is 16.3. The van der Waals surface area contributed by atoms with Gasteiger partial charge in [-0.2, -0.15) is 4.31 Å². The van der Waals surface area contributed by atoms with Crippen molar-refractivity contribution in [2.75, 3.05) is 13.1 Å². The second-order valence-electron chi connectivity index (χ2n) is 4.34. The molecule has 0 aliphatic carbocycles. The Labute approximate surface area is 117 Å². The van der Waals surface area contributed by atoms with Gasteiger partial charge in [0.2, 0.25) is 10.0 Å². The predicted molar refractivity (Wildman–Crippen MR) is 72.6 cm³/mol. The summed E-state index contributed by atoms with van der Waals surface area (Å²) < 4.78 is 39.2. The molecule has 110 valence electrons. The maximum Gasteiger partial charge on any atom is 0.338 e. The van der Waals surface area contributed by atoms with Crippen molar-refractivity contribution in [2.45, 2.75) is 18.7 Å². The molecule has 1 aromatic carbocycles. The molecule has 0 heterocycles. The van der Waals surface area contributed by atoms with Crippen LogP contribution in [0, 0.1) is 5.82 Å². The van der Waals surface area contributed by atoms with Crippen LogP contribution in [0.5, 0.6) is 0 Å². The minimum atomic E-state index is -3.88. The van der Waals surface area contributed by atoms with Crippen molar-refractivity contribution in [3.8, 4) is 0 Å². The van der Waals surface area contributed by atoms with Gasteiger partial charge < -0.3 is 5.11 Å². The number of hydrogen-bond donors (Lipinski definition) is 1. The van der Waals surface area contributed by atoms with Gasteiger partial charge >= 0.3 is 5.97 Å². The summed E-state index contributed by atoms with van der Waals surface area (Å²) >= 11 is 0. The average Bonchev–Trinajstić information content (AvgIpc) is 2.35. The first-order valence-corrected chi connectivity index (χ1v) is 7.31. The van der Waals surface area contributed by atoms with Crippen molar-refractivity contribution in [2.24, 2.45) is 0 Å². The standard InChI is InChI=1S/C13H16FNO4S/c1-4-15(8-9(2)3)20(18,19)10-5-6-12(14)11(7-10)13(16)17/h5-7H,2,4,8H2,1,3H3,(H,16,17). The summed E-state index contributed by atoms with van der Waals surface area (Å²) in [6.45, 7) is 7.32. The lowest BCUT2D eigenvalue weighted by molar-refractivity contribution is 0.0691. The van der Waals surface area contributed by atoms with Gasteiger partial charge in [-0.25, -0.2) is 17.6 Å². The molecule has 7 heteroatoms. The summed E-state index contributed by atoms with van der Waals surface area (Å²) in [5.74, 6) is -2.48. The summed E-state index contributed by atoms with van der Waals surface area (Å²) in [5.41, 5.74) is -0.0200. The summed E-state index contributed by atoms with van der Waals surface area (Å²) in [7, 11) is -3.88. The zero-order chi connectivity index (χ0) is 15.5. The molecule has 0 radical (unpaired) electrons. The monoisotopic (exact) mass is 301 g/mol. The van der Waals surface area contributed by atoms with E-state index in [0.29, 0.717) is 5.57 Å².